The van der Waals surface area contributed by atoms with Gasteiger partial charge in [0.25, 0.3) is 0 Å². The summed E-state index contributed by atoms with van der Waals surface area (Å²) in [4.78, 5) is 0. The second kappa shape index (κ2) is 16.8. The molecule has 2 heterocycles. The van der Waals surface area contributed by atoms with Crippen LogP contribution in [0.4, 0.5) is 0 Å². The summed E-state index contributed by atoms with van der Waals surface area (Å²) in [5.74, 6) is 0. The van der Waals surface area contributed by atoms with Gasteiger partial charge in [-0.25, -0.2) is 0 Å². The van der Waals surface area contributed by atoms with E-state index in [9.17, 15) is 0 Å². The fourth-order valence-corrected chi connectivity index (χ4v) is 23.3. The molecule has 0 saturated carbocycles. The van der Waals surface area contributed by atoms with E-state index in [1.807, 2.05) is 0 Å². The van der Waals surface area contributed by atoms with Crippen LogP contribution in [0.15, 0.2) is 285 Å². The zero-order valence-corrected chi connectivity index (χ0v) is 40.1. The molecule has 0 amide bonds. The van der Waals surface area contributed by atoms with E-state index >= 15 is 0 Å². The first-order chi connectivity index (χ1) is 34.3. The van der Waals surface area contributed by atoms with Crippen LogP contribution in [0.1, 0.15) is 0 Å². The monoisotopic (exact) mass is 909 g/mol. The van der Waals surface area contributed by atoms with Crippen LogP contribution in [0.2, 0.25) is 0 Å². The topological polar surface area (TPSA) is 4.93 Å². The fourth-order valence-electron chi connectivity index (χ4n) is 12.1. The predicted octanol–water partition coefficient (Wildman–Crippen LogP) is 10.9. The Hall–Kier alpha value is -8.35. The largest absolute Gasteiger partial charge is 0.309 e. The van der Waals surface area contributed by atoms with Crippen molar-refractivity contribution in [2.75, 3.05) is 0 Å². The maximum Gasteiger partial charge on any atom is 0.180 e. The first kappa shape index (κ1) is 40.9. The smallest absolute Gasteiger partial charge is 0.180 e. The average Bonchev–Trinajstić information content (AvgIpc) is 3.77. The van der Waals surface area contributed by atoms with E-state index in [1.165, 1.54) is 96.7 Å². The molecule has 69 heavy (non-hydrogen) atoms. The van der Waals surface area contributed by atoms with Gasteiger partial charge in [0.2, 0.25) is 0 Å². The van der Waals surface area contributed by atoms with Gasteiger partial charge in [0.05, 0.1) is 16.7 Å². The molecule has 1 aromatic heterocycles. The lowest BCUT2D eigenvalue weighted by Crippen LogP contribution is -2.86. The minimum atomic E-state index is -3.23. The van der Waals surface area contributed by atoms with Crippen LogP contribution in [0.5, 0.6) is 0 Å². The minimum Gasteiger partial charge on any atom is -0.309 e. The number of nitrogens with zero attached hydrogens (tertiary/aromatic N) is 1. The van der Waals surface area contributed by atoms with Crippen LogP contribution in [0.25, 0.3) is 60.9 Å². The van der Waals surface area contributed by atoms with Crippen LogP contribution in [0, 0.1) is 0 Å². The molecule has 1 aliphatic rings. The van der Waals surface area contributed by atoms with Gasteiger partial charge in [0, 0.05) is 16.3 Å². The molecule has 0 N–H and O–H groups in total. The Kier molecular flexibility index (Phi) is 9.93. The van der Waals surface area contributed by atoms with Crippen LogP contribution in [-0.4, -0.2) is 20.7 Å². The molecule has 0 atom stereocenters. The van der Waals surface area contributed by atoms with Gasteiger partial charge >= 0.3 is 0 Å². The van der Waals surface area contributed by atoms with Crippen molar-refractivity contribution in [3.8, 4) is 39.1 Å². The van der Waals surface area contributed by atoms with Crippen LogP contribution in [0.3, 0.4) is 0 Å². The summed E-state index contributed by atoms with van der Waals surface area (Å²) in [6, 6.07) is 108. The van der Waals surface area contributed by atoms with E-state index in [0.717, 1.165) is 5.69 Å². The van der Waals surface area contributed by atoms with E-state index in [2.05, 4.69) is 290 Å². The lowest BCUT2D eigenvalue weighted by atomic mass is 9.93. The summed E-state index contributed by atoms with van der Waals surface area (Å²) in [6.07, 6.45) is 0. The number of para-hydroxylation sites is 3. The summed E-state index contributed by atoms with van der Waals surface area (Å²) in [5.41, 5.74) is 11.0. The summed E-state index contributed by atoms with van der Waals surface area (Å²) in [6.45, 7) is 0. The Bertz CT molecular complexity index is 3710. The highest BCUT2D eigenvalue weighted by molar-refractivity contribution is 7.28. The zero-order chi connectivity index (χ0) is 45.8. The summed E-state index contributed by atoms with van der Waals surface area (Å²) in [5, 5.41) is 13.7. The fraction of sp³-hybridized carbons (Fsp3) is 0. The molecule has 324 valence electrons. The molecule has 11 aromatic carbocycles. The van der Waals surface area contributed by atoms with E-state index in [1.54, 1.807) is 0 Å². The Morgan fingerprint density at radius 3 is 1.09 bits per heavy atom. The Labute approximate surface area is 405 Å². The van der Waals surface area contributed by atoms with Gasteiger partial charge in [-0.1, -0.05) is 267 Å². The molecule has 0 bridgehead atoms. The third-order valence-electron chi connectivity index (χ3n) is 14.9. The van der Waals surface area contributed by atoms with Gasteiger partial charge in [0.1, 0.15) is 0 Å². The molecule has 12 aromatic rings. The molecule has 0 saturated heterocycles. The van der Waals surface area contributed by atoms with Crippen molar-refractivity contribution >= 4 is 79.4 Å². The maximum atomic E-state index is 2.65. The Balaban J connectivity index is 1.19. The standard InChI is InChI=1S/C66H47NSi2/c1-5-25-49(26-6-1)68(50-27-7-2-8-28-50)63-43-23-18-38-58(63)59-39-19-24-44-64(59)69(51-29-9-3-10-30-51,52-31-11-4-12-32-52)66-47-48(45-46-65(66)68)53-33-13-14-34-54(53)55-35-15-20-40-60(55)67-61-41-21-16-36-56(61)57-37-17-22-42-62(57)67/h1-47H. The second-order valence-corrected chi connectivity index (χ2v) is 25.7. The van der Waals surface area contributed by atoms with Crippen LogP contribution < -0.4 is 41.5 Å². The van der Waals surface area contributed by atoms with E-state index in [0.29, 0.717) is 0 Å². The first-order valence-electron chi connectivity index (χ1n) is 24.0. The molecule has 0 aliphatic carbocycles. The van der Waals surface area contributed by atoms with E-state index in [-0.39, 0.29) is 0 Å². The number of fused-ring (bicyclic) bond motifs is 7. The van der Waals surface area contributed by atoms with E-state index < -0.39 is 16.1 Å². The van der Waals surface area contributed by atoms with Crippen molar-refractivity contribution in [3.05, 3.63) is 285 Å². The summed E-state index contributed by atoms with van der Waals surface area (Å²) < 4.78 is 2.47. The molecule has 1 aliphatic heterocycles. The van der Waals surface area contributed by atoms with Crippen LogP contribution >= 0.6 is 0 Å². The van der Waals surface area contributed by atoms with Crippen molar-refractivity contribution in [1.29, 1.82) is 0 Å². The van der Waals surface area contributed by atoms with Crippen molar-refractivity contribution in [3.63, 3.8) is 0 Å². The predicted molar refractivity (Wildman–Crippen MR) is 298 cm³/mol. The van der Waals surface area contributed by atoms with E-state index in [4.69, 9.17) is 0 Å². The Morgan fingerprint density at radius 1 is 0.232 bits per heavy atom. The molecule has 0 spiro atoms. The average molecular weight is 910 g/mol. The van der Waals surface area contributed by atoms with Crippen molar-refractivity contribution < 1.29 is 0 Å². The number of hydrogen-bond donors (Lipinski definition) is 0. The van der Waals surface area contributed by atoms with Gasteiger partial charge in [-0.15, -0.1) is 0 Å². The molecule has 0 radical (unpaired) electrons. The highest BCUT2D eigenvalue weighted by Gasteiger charge is 2.53. The molecule has 13 rings (SSSR count). The highest BCUT2D eigenvalue weighted by atomic mass is 28.3. The number of benzene rings is 11. The summed E-state index contributed by atoms with van der Waals surface area (Å²) >= 11 is 0. The highest BCUT2D eigenvalue weighted by Crippen LogP contribution is 2.40. The maximum absolute atomic E-state index is 3.23. The van der Waals surface area contributed by atoms with Crippen molar-refractivity contribution in [2.45, 2.75) is 0 Å². The molecule has 1 nitrogen and oxygen atoms in total. The quantitative estimate of drug-likeness (QED) is 0.140. The molecular formula is C66H47NSi2. The number of aromatic nitrogens is 1. The van der Waals surface area contributed by atoms with Crippen LogP contribution in [-0.2, 0) is 0 Å². The second-order valence-electron chi connectivity index (χ2n) is 18.2. The third kappa shape index (κ3) is 6.21. The molecular weight excluding hydrogens is 863 g/mol. The van der Waals surface area contributed by atoms with Gasteiger partial charge in [-0.3, -0.25) is 0 Å². The molecule has 0 fully saturated rings. The number of rotatable bonds is 7. The number of hydrogen-bond acceptors (Lipinski definition) is 0. The Morgan fingerprint density at radius 2 is 0.594 bits per heavy atom. The molecule has 0 unspecified atom stereocenters. The normalized spacial score (nSPS) is 13.4. The van der Waals surface area contributed by atoms with Crippen molar-refractivity contribution in [2.24, 2.45) is 0 Å². The van der Waals surface area contributed by atoms with Gasteiger partial charge < -0.3 is 4.57 Å². The lowest BCUT2D eigenvalue weighted by molar-refractivity contribution is 1.18. The minimum absolute atomic E-state index is 1.16. The van der Waals surface area contributed by atoms with Gasteiger partial charge in [-0.2, -0.15) is 0 Å². The molecule has 3 heteroatoms. The lowest BCUT2D eigenvalue weighted by Gasteiger charge is -2.45. The first-order valence-corrected chi connectivity index (χ1v) is 28.0. The summed E-state index contributed by atoms with van der Waals surface area (Å²) in [7, 11) is -6.38. The van der Waals surface area contributed by atoms with Gasteiger partial charge in [0.15, 0.2) is 16.1 Å². The SMILES string of the molecule is c1ccc([Si]2(c3ccccc3)c3ccccc3-c3ccccc3[Si](c3ccccc3)(c3ccccc3)c3cc(-c4ccccc4-c4ccccc4-n4c5ccccc5c5ccccc54)ccc32)cc1. The van der Waals surface area contributed by atoms with Gasteiger partial charge in [-0.05, 0) is 87.5 Å². The zero-order valence-electron chi connectivity index (χ0n) is 38.1. The third-order valence-corrected chi connectivity index (χ3v) is 24.9. The van der Waals surface area contributed by atoms with Crippen molar-refractivity contribution in [1.82, 2.24) is 4.57 Å².